The van der Waals surface area contributed by atoms with E-state index < -0.39 is 10.0 Å². The Morgan fingerprint density at radius 2 is 1.76 bits per heavy atom. The fraction of sp³-hybridized carbons (Fsp3) is 0.0588. The van der Waals surface area contributed by atoms with E-state index in [1.165, 1.54) is 37.3 Å². The number of halogens is 2. The van der Waals surface area contributed by atoms with Crippen LogP contribution >= 0.6 is 23.2 Å². The van der Waals surface area contributed by atoms with Gasteiger partial charge in [-0.25, -0.2) is 13.4 Å². The van der Waals surface area contributed by atoms with Gasteiger partial charge in [0.25, 0.3) is 10.0 Å². The average molecular weight is 395 g/mol. The number of nitrogens with one attached hydrogen (secondary N) is 1. The number of rotatable bonds is 4. The summed E-state index contributed by atoms with van der Waals surface area (Å²) in [4.78, 5) is 16.0. The predicted molar refractivity (Wildman–Crippen MR) is 99.0 cm³/mol. The number of nitrogens with zero attached hydrogens (tertiary/aromatic N) is 1. The van der Waals surface area contributed by atoms with Crippen molar-refractivity contribution in [2.24, 2.45) is 0 Å². The van der Waals surface area contributed by atoms with Crippen molar-refractivity contribution in [3.63, 3.8) is 0 Å². The van der Waals surface area contributed by atoms with Crippen molar-refractivity contribution >= 4 is 55.6 Å². The Kier molecular flexibility index (Phi) is 4.69. The number of hydrogen-bond donors (Lipinski definition) is 1. The molecule has 0 spiro atoms. The molecule has 1 aromatic heterocycles. The van der Waals surface area contributed by atoms with Crippen LogP contribution in [-0.4, -0.2) is 19.2 Å². The normalized spacial score (nSPS) is 11.5. The lowest BCUT2D eigenvalue weighted by atomic mass is 10.1. The number of carbonyl (C=O) groups is 1. The molecule has 25 heavy (non-hydrogen) atoms. The zero-order valence-electron chi connectivity index (χ0n) is 13.0. The van der Waals surface area contributed by atoms with Gasteiger partial charge in [-0.15, -0.1) is 0 Å². The maximum Gasteiger partial charge on any atom is 0.261 e. The summed E-state index contributed by atoms with van der Waals surface area (Å²) in [5, 5.41) is 0.939. The number of fused-ring (bicyclic) bond motifs is 1. The van der Waals surface area contributed by atoms with Crippen LogP contribution in [0.4, 0.5) is 5.69 Å². The molecular weight excluding hydrogens is 383 g/mol. The highest BCUT2D eigenvalue weighted by Crippen LogP contribution is 2.34. The van der Waals surface area contributed by atoms with E-state index in [2.05, 4.69) is 9.71 Å². The van der Waals surface area contributed by atoms with Gasteiger partial charge in [-0.05, 0) is 30.3 Å². The van der Waals surface area contributed by atoms with E-state index in [0.717, 1.165) is 0 Å². The van der Waals surface area contributed by atoms with Gasteiger partial charge in [0, 0.05) is 17.3 Å². The molecule has 3 aromatic rings. The van der Waals surface area contributed by atoms with Crippen molar-refractivity contribution in [1.29, 1.82) is 0 Å². The Morgan fingerprint density at radius 3 is 2.40 bits per heavy atom. The minimum absolute atomic E-state index is 0.0921. The third kappa shape index (κ3) is 3.61. The van der Waals surface area contributed by atoms with Crippen LogP contribution in [-0.2, 0) is 10.0 Å². The van der Waals surface area contributed by atoms with Gasteiger partial charge in [-0.3, -0.25) is 9.52 Å². The molecule has 0 bridgehead atoms. The lowest BCUT2D eigenvalue weighted by Crippen LogP contribution is -2.14. The van der Waals surface area contributed by atoms with Gasteiger partial charge >= 0.3 is 0 Å². The van der Waals surface area contributed by atoms with Crippen molar-refractivity contribution in [1.82, 2.24) is 4.98 Å². The molecule has 5 nitrogen and oxygen atoms in total. The lowest BCUT2D eigenvalue weighted by Gasteiger charge is -2.13. The largest absolute Gasteiger partial charge is 0.293 e. The van der Waals surface area contributed by atoms with Crippen molar-refractivity contribution < 1.29 is 13.2 Å². The van der Waals surface area contributed by atoms with Gasteiger partial charge in [0.15, 0.2) is 5.78 Å². The molecule has 0 aliphatic heterocycles. The molecule has 0 aliphatic carbocycles. The van der Waals surface area contributed by atoms with E-state index in [1.54, 1.807) is 18.2 Å². The first-order valence-electron chi connectivity index (χ1n) is 7.16. The Hall–Kier alpha value is -2.15. The summed E-state index contributed by atoms with van der Waals surface area (Å²) in [5.41, 5.74) is 0.605. The first kappa shape index (κ1) is 17.7. The van der Waals surface area contributed by atoms with Gasteiger partial charge < -0.3 is 0 Å². The minimum atomic E-state index is -3.85. The number of carbonyl (C=O) groups excluding carboxylic acids is 1. The molecule has 0 saturated carbocycles. The second-order valence-corrected chi connectivity index (χ2v) is 7.84. The second kappa shape index (κ2) is 6.63. The molecule has 3 rings (SSSR count). The topological polar surface area (TPSA) is 76.1 Å². The highest BCUT2D eigenvalue weighted by molar-refractivity contribution is 7.92. The molecule has 0 amide bonds. The monoisotopic (exact) mass is 394 g/mol. The molecule has 1 N–H and O–H groups in total. The zero-order chi connectivity index (χ0) is 18.2. The Bertz CT molecular complexity index is 1080. The molecule has 0 saturated heterocycles. The van der Waals surface area contributed by atoms with Gasteiger partial charge in [0.2, 0.25) is 0 Å². The fourth-order valence-corrected chi connectivity index (χ4v) is 4.02. The molecule has 0 aliphatic rings. The van der Waals surface area contributed by atoms with Crippen LogP contribution in [0.15, 0.2) is 53.4 Å². The van der Waals surface area contributed by atoms with Crippen LogP contribution in [0.2, 0.25) is 10.0 Å². The van der Waals surface area contributed by atoms with E-state index in [4.69, 9.17) is 23.2 Å². The van der Waals surface area contributed by atoms with Crippen LogP contribution in [0.25, 0.3) is 10.9 Å². The minimum Gasteiger partial charge on any atom is -0.293 e. The summed E-state index contributed by atoms with van der Waals surface area (Å²) in [6.07, 6.45) is 0. The van der Waals surface area contributed by atoms with Crippen LogP contribution in [0, 0.1) is 0 Å². The zero-order valence-corrected chi connectivity index (χ0v) is 15.3. The molecular formula is C17H12Cl2N2O3S. The summed E-state index contributed by atoms with van der Waals surface area (Å²) in [6, 6.07) is 12.3. The van der Waals surface area contributed by atoms with Crippen molar-refractivity contribution in [2.75, 3.05) is 4.72 Å². The molecule has 0 fully saturated rings. The summed E-state index contributed by atoms with van der Waals surface area (Å²) < 4.78 is 27.7. The SMILES string of the molecule is CC(=O)c1cc(NS(=O)(=O)c2ccccc2)c2c(Cl)cc(Cl)cc2n1. The van der Waals surface area contributed by atoms with Gasteiger partial charge in [0.1, 0.15) is 5.69 Å². The molecule has 0 radical (unpaired) electrons. The number of Topliss-reactive ketones (excluding diaryl/α,β-unsaturated/α-hetero) is 1. The highest BCUT2D eigenvalue weighted by atomic mass is 35.5. The number of pyridine rings is 1. The third-order valence-corrected chi connectivity index (χ3v) is 5.38. The Morgan fingerprint density at radius 1 is 1.08 bits per heavy atom. The smallest absolute Gasteiger partial charge is 0.261 e. The number of aromatic nitrogens is 1. The second-order valence-electron chi connectivity index (χ2n) is 5.31. The maximum atomic E-state index is 12.6. The highest BCUT2D eigenvalue weighted by Gasteiger charge is 2.19. The summed E-state index contributed by atoms with van der Waals surface area (Å²) in [7, 11) is -3.85. The average Bonchev–Trinajstić information content (AvgIpc) is 2.54. The summed E-state index contributed by atoms with van der Waals surface area (Å²) in [5.74, 6) is -0.307. The Balaban J connectivity index is 2.23. The number of ketones is 1. The number of anilines is 1. The first-order valence-corrected chi connectivity index (χ1v) is 9.40. The summed E-state index contributed by atoms with van der Waals surface area (Å²) >= 11 is 12.2. The molecule has 8 heteroatoms. The molecule has 2 aromatic carbocycles. The van der Waals surface area contributed by atoms with Crippen LogP contribution < -0.4 is 4.72 Å². The van der Waals surface area contributed by atoms with Gasteiger partial charge in [-0.2, -0.15) is 0 Å². The van der Waals surface area contributed by atoms with E-state index in [0.29, 0.717) is 15.9 Å². The number of sulfonamides is 1. The van der Waals surface area contributed by atoms with Crippen LogP contribution in [0.5, 0.6) is 0 Å². The van der Waals surface area contributed by atoms with E-state index in [9.17, 15) is 13.2 Å². The van der Waals surface area contributed by atoms with E-state index >= 15 is 0 Å². The maximum absolute atomic E-state index is 12.6. The third-order valence-electron chi connectivity index (χ3n) is 3.48. The van der Waals surface area contributed by atoms with E-state index in [1.807, 2.05) is 0 Å². The molecule has 0 unspecified atom stereocenters. The molecule has 0 atom stereocenters. The van der Waals surface area contributed by atoms with E-state index in [-0.39, 0.29) is 27.1 Å². The number of hydrogen-bond acceptors (Lipinski definition) is 4. The summed E-state index contributed by atoms with van der Waals surface area (Å²) in [6.45, 7) is 1.34. The van der Waals surface area contributed by atoms with Crippen LogP contribution in [0.3, 0.4) is 0 Å². The fourth-order valence-electron chi connectivity index (χ4n) is 2.35. The van der Waals surface area contributed by atoms with Crippen molar-refractivity contribution in [3.8, 4) is 0 Å². The number of benzene rings is 2. The molecule has 128 valence electrons. The Labute approximate surface area is 154 Å². The standard InChI is InChI=1S/C17H12Cl2N2O3S/c1-10(22)14-9-16(17-13(19)7-11(18)8-15(17)20-14)21-25(23,24)12-5-3-2-4-6-12/h2-9H,1H3,(H,20,21). The quantitative estimate of drug-likeness (QED) is 0.658. The first-order chi connectivity index (χ1) is 11.8. The van der Waals surface area contributed by atoms with Crippen LogP contribution in [0.1, 0.15) is 17.4 Å². The predicted octanol–water partition coefficient (Wildman–Crippen LogP) is 4.55. The van der Waals surface area contributed by atoms with Crippen molar-refractivity contribution in [2.45, 2.75) is 11.8 Å². The van der Waals surface area contributed by atoms with Crippen molar-refractivity contribution in [3.05, 3.63) is 64.3 Å². The molecule has 1 heterocycles. The lowest BCUT2D eigenvalue weighted by molar-refractivity contribution is 0.101. The van der Waals surface area contributed by atoms with Gasteiger partial charge in [0.05, 0.1) is 21.1 Å². The van der Waals surface area contributed by atoms with Gasteiger partial charge in [-0.1, -0.05) is 41.4 Å².